The predicted molar refractivity (Wildman–Crippen MR) is 115 cm³/mol. The van der Waals surface area contributed by atoms with Gasteiger partial charge in [0.05, 0.1) is 27.9 Å². The number of aryl methyl sites for hydroxylation is 1. The fraction of sp³-hybridized carbons (Fsp3) is 0.0952. The largest absolute Gasteiger partial charge is 0.478 e. The van der Waals surface area contributed by atoms with Gasteiger partial charge in [0.2, 0.25) is 0 Å². The highest BCUT2D eigenvalue weighted by molar-refractivity contribution is 7.92. The Morgan fingerprint density at radius 3 is 2.65 bits per heavy atom. The average Bonchev–Trinajstić information content (AvgIpc) is 3.17. The number of sulfonamides is 1. The van der Waals surface area contributed by atoms with Gasteiger partial charge in [-0.1, -0.05) is 0 Å². The molecule has 158 valence electrons. The van der Waals surface area contributed by atoms with E-state index >= 15 is 0 Å². The molecule has 0 fully saturated rings. The minimum atomic E-state index is -3.91. The Morgan fingerprint density at radius 2 is 2.00 bits per heavy atom. The summed E-state index contributed by atoms with van der Waals surface area (Å²) in [6.45, 7) is 3.28. The molecule has 1 aliphatic heterocycles. The van der Waals surface area contributed by atoms with Crippen LogP contribution in [0.1, 0.15) is 32.9 Å². The van der Waals surface area contributed by atoms with Crippen LogP contribution in [0, 0.1) is 13.8 Å². The second-order valence-corrected chi connectivity index (χ2v) is 8.72. The van der Waals surface area contributed by atoms with Crippen molar-refractivity contribution in [2.24, 2.45) is 0 Å². The molecular formula is C21H18N4O5S. The van der Waals surface area contributed by atoms with Crippen LogP contribution in [-0.4, -0.2) is 35.4 Å². The molecule has 2 aromatic heterocycles. The van der Waals surface area contributed by atoms with Crippen LogP contribution in [0.4, 0.5) is 11.4 Å². The Kier molecular flexibility index (Phi) is 4.86. The molecule has 0 saturated heterocycles. The molecule has 0 bridgehead atoms. The highest BCUT2D eigenvalue weighted by atomic mass is 32.2. The van der Waals surface area contributed by atoms with Crippen molar-refractivity contribution in [3.05, 3.63) is 70.8 Å². The third-order valence-corrected chi connectivity index (χ3v) is 6.36. The molecule has 3 aromatic rings. The first kappa shape index (κ1) is 20.4. The maximum Gasteiger partial charge on any atom is 0.337 e. The summed E-state index contributed by atoms with van der Waals surface area (Å²) in [6.07, 6.45) is 4.44. The van der Waals surface area contributed by atoms with Gasteiger partial charge in [-0.25, -0.2) is 13.2 Å². The fourth-order valence-electron chi connectivity index (χ4n) is 3.50. The molecule has 0 spiro atoms. The zero-order chi connectivity index (χ0) is 22.3. The number of hydrogen-bond donors (Lipinski definition) is 4. The molecule has 4 rings (SSSR count). The van der Waals surface area contributed by atoms with Gasteiger partial charge in [0.15, 0.2) is 0 Å². The number of aromatic nitrogens is 2. The number of amides is 1. The van der Waals surface area contributed by atoms with Crippen molar-refractivity contribution in [2.45, 2.75) is 18.7 Å². The lowest BCUT2D eigenvalue weighted by Gasteiger charge is -2.09. The van der Waals surface area contributed by atoms with Crippen molar-refractivity contribution < 1.29 is 23.1 Å². The van der Waals surface area contributed by atoms with E-state index in [1.807, 2.05) is 0 Å². The second-order valence-electron chi connectivity index (χ2n) is 7.04. The predicted octanol–water partition coefficient (Wildman–Crippen LogP) is 3.02. The van der Waals surface area contributed by atoms with Gasteiger partial charge in [-0.05, 0) is 55.8 Å². The molecule has 10 heteroatoms. The number of nitrogens with one attached hydrogen (secondary N) is 3. The van der Waals surface area contributed by atoms with Crippen LogP contribution in [0.3, 0.4) is 0 Å². The highest BCUT2D eigenvalue weighted by Crippen LogP contribution is 2.35. The molecule has 1 aromatic carbocycles. The number of H-pyrrole nitrogens is 1. The van der Waals surface area contributed by atoms with Gasteiger partial charge in [0.25, 0.3) is 15.9 Å². The van der Waals surface area contributed by atoms with E-state index in [-0.39, 0.29) is 16.0 Å². The van der Waals surface area contributed by atoms with Crippen LogP contribution in [-0.2, 0) is 14.8 Å². The molecule has 1 amide bonds. The monoisotopic (exact) mass is 438 g/mol. The van der Waals surface area contributed by atoms with Crippen LogP contribution in [0.5, 0.6) is 0 Å². The van der Waals surface area contributed by atoms with E-state index in [0.29, 0.717) is 33.9 Å². The molecule has 0 unspecified atom stereocenters. The lowest BCUT2D eigenvalue weighted by molar-refractivity contribution is -0.110. The molecule has 0 atom stereocenters. The number of hydrogen-bond acceptors (Lipinski definition) is 5. The summed E-state index contributed by atoms with van der Waals surface area (Å²) in [5.41, 5.74) is 2.98. The first-order chi connectivity index (χ1) is 14.7. The maximum atomic E-state index is 12.8. The first-order valence-corrected chi connectivity index (χ1v) is 10.7. The Bertz CT molecular complexity index is 1360. The quantitative estimate of drug-likeness (QED) is 0.451. The van der Waals surface area contributed by atoms with Crippen LogP contribution in [0.2, 0.25) is 0 Å². The van der Waals surface area contributed by atoms with E-state index in [2.05, 4.69) is 20.0 Å². The van der Waals surface area contributed by atoms with Crippen molar-refractivity contribution in [1.29, 1.82) is 0 Å². The minimum absolute atomic E-state index is 0.0249. The number of carboxylic acids is 1. The zero-order valence-corrected chi connectivity index (χ0v) is 17.4. The lowest BCUT2D eigenvalue weighted by atomic mass is 10.0. The summed E-state index contributed by atoms with van der Waals surface area (Å²) < 4.78 is 28.0. The number of rotatable bonds is 5. The summed E-state index contributed by atoms with van der Waals surface area (Å²) in [5.74, 6) is -1.48. The highest BCUT2D eigenvalue weighted by Gasteiger charge is 2.28. The third kappa shape index (κ3) is 3.68. The van der Waals surface area contributed by atoms with Crippen LogP contribution < -0.4 is 10.0 Å². The van der Waals surface area contributed by atoms with E-state index in [1.54, 1.807) is 26.0 Å². The van der Waals surface area contributed by atoms with Crippen molar-refractivity contribution in [3.63, 3.8) is 0 Å². The zero-order valence-electron chi connectivity index (χ0n) is 16.6. The number of carboxylic acid groups (broad SMARTS) is 1. The van der Waals surface area contributed by atoms with Gasteiger partial charge in [-0.15, -0.1) is 0 Å². The van der Waals surface area contributed by atoms with E-state index in [1.165, 1.54) is 36.7 Å². The number of carbonyl (C=O) groups excluding carboxylic acids is 1. The molecular weight excluding hydrogens is 420 g/mol. The minimum Gasteiger partial charge on any atom is -0.478 e. The van der Waals surface area contributed by atoms with Gasteiger partial charge in [0, 0.05) is 28.8 Å². The molecule has 1 aliphatic rings. The van der Waals surface area contributed by atoms with Gasteiger partial charge in [0.1, 0.15) is 0 Å². The Labute approximate surface area is 177 Å². The number of carbonyl (C=O) groups is 2. The summed E-state index contributed by atoms with van der Waals surface area (Å²) in [5, 5.41) is 12.1. The molecule has 3 heterocycles. The van der Waals surface area contributed by atoms with Crippen molar-refractivity contribution in [3.8, 4) is 0 Å². The fourth-order valence-corrected chi connectivity index (χ4v) is 4.57. The van der Waals surface area contributed by atoms with Crippen molar-refractivity contribution >= 4 is 44.9 Å². The summed E-state index contributed by atoms with van der Waals surface area (Å²) in [4.78, 5) is 30.8. The Morgan fingerprint density at radius 1 is 1.23 bits per heavy atom. The number of nitrogens with zero attached hydrogens (tertiary/aromatic N) is 1. The van der Waals surface area contributed by atoms with Gasteiger partial charge in [-0.3, -0.25) is 14.5 Å². The normalized spacial score (nSPS) is 14.4. The summed E-state index contributed by atoms with van der Waals surface area (Å²) in [6, 6.07) is 7.50. The van der Waals surface area contributed by atoms with E-state index < -0.39 is 21.9 Å². The molecule has 0 radical (unpaired) electrons. The Balaban J connectivity index is 1.76. The third-order valence-electron chi connectivity index (χ3n) is 4.98. The first-order valence-electron chi connectivity index (χ1n) is 9.20. The number of fused-ring (bicyclic) bond motifs is 1. The van der Waals surface area contributed by atoms with E-state index in [0.717, 1.165) is 0 Å². The molecule has 9 nitrogen and oxygen atoms in total. The molecule has 0 aliphatic carbocycles. The summed E-state index contributed by atoms with van der Waals surface area (Å²) >= 11 is 0. The number of anilines is 2. The topological polar surface area (TPSA) is 141 Å². The SMILES string of the molecule is Cc1[nH]c(C=C2C(=O)Nc3ccc(S(=O)(=O)Nc4cccnc4)cc32)c(C)c1C(=O)O. The van der Waals surface area contributed by atoms with E-state index in [4.69, 9.17) is 0 Å². The number of pyridine rings is 1. The van der Waals surface area contributed by atoms with E-state index in [9.17, 15) is 23.1 Å². The molecule has 0 saturated carbocycles. The van der Waals surface area contributed by atoms with Crippen LogP contribution in [0.25, 0.3) is 11.6 Å². The number of aromatic amines is 1. The number of aromatic carboxylic acids is 1. The molecule has 31 heavy (non-hydrogen) atoms. The van der Waals surface area contributed by atoms with Gasteiger partial charge in [-0.2, -0.15) is 0 Å². The average molecular weight is 438 g/mol. The summed E-state index contributed by atoms with van der Waals surface area (Å²) in [7, 11) is -3.91. The van der Waals surface area contributed by atoms with Gasteiger partial charge >= 0.3 is 5.97 Å². The maximum absolute atomic E-state index is 12.8. The standard InChI is InChI=1S/C21H18N4O5S/c1-11-18(23-12(2)19(11)21(27)28)9-16-15-8-14(5-6-17(15)24-20(16)26)31(29,30)25-13-4-3-7-22-10-13/h3-10,23,25H,1-2H3,(H,24,26)(H,27,28). The van der Waals surface area contributed by atoms with Gasteiger partial charge < -0.3 is 15.4 Å². The number of benzene rings is 1. The smallest absolute Gasteiger partial charge is 0.337 e. The van der Waals surface area contributed by atoms with Crippen molar-refractivity contribution in [2.75, 3.05) is 10.0 Å². The Hall–Kier alpha value is -3.92. The second kappa shape index (κ2) is 7.40. The van der Waals surface area contributed by atoms with Crippen LogP contribution in [0.15, 0.2) is 47.6 Å². The lowest BCUT2D eigenvalue weighted by Crippen LogP contribution is -2.13. The molecule has 4 N–H and O–H groups in total. The van der Waals surface area contributed by atoms with Crippen molar-refractivity contribution in [1.82, 2.24) is 9.97 Å². The van der Waals surface area contributed by atoms with Crippen LogP contribution >= 0.6 is 0 Å².